The first kappa shape index (κ1) is 9.01. The summed E-state index contributed by atoms with van der Waals surface area (Å²) in [6.07, 6.45) is 2.48. The molecule has 1 saturated heterocycles. The molecule has 2 heteroatoms. The maximum Gasteiger partial charge on any atom is 0.0129 e. The quantitative estimate of drug-likeness (QED) is 0.592. The van der Waals surface area contributed by atoms with Crippen molar-refractivity contribution in [3.05, 3.63) is 0 Å². The van der Waals surface area contributed by atoms with Crippen molar-refractivity contribution in [3.63, 3.8) is 0 Å². The second kappa shape index (κ2) is 4.07. The van der Waals surface area contributed by atoms with Crippen LogP contribution >= 0.6 is 0 Å². The second-order valence-corrected chi connectivity index (χ2v) is 3.78. The minimum Gasteiger partial charge on any atom is -0.301 e. The molecule has 1 radical (unpaired) electrons. The van der Waals surface area contributed by atoms with Crippen LogP contribution in [-0.2, 0) is 0 Å². The molecule has 0 aromatic heterocycles. The number of piperidine rings is 1. The first-order valence-corrected chi connectivity index (χ1v) is 4.62. The molecule has 1 N–H and O–H groups in total. The van der Waals surface area contributed by atoms with Gasteiger partial charge in [0.2, 0.25) is 0 Å². The maximum absolute atomic E-state index is 7.25. The van der Waals surface area contributed by atoms with Crippen molar-refractivity contribution in [1.82, 2.24) is 10.6 Å². The van der Waals surface area contributed by atoms with Crippen LogP contribution < -0.4 is 5.73 Å². The lowest BCUT2D eigenvalue weighted by Crippen LogP contribution is -2.39. The van der Waals surface area contributed by atoms with Crippen LogP contribution in [-0.4, -0.2) is 30.6 Å². The van der Waals surface area contributed by atoms with Crippen molar-refractivity contribution in [2.24, 2.45) is 5.92 Å². The smallest absolute Gasteiger partial charge is 0.0129 e. The first-order valence-electron chi connectivity index (χ1n) is 4.62. The molecule has 0 atom stereocenters. The van der Waals surface area contributed by atoms with Crippen LogP contribution in [0, 0.1) is 5.92 Å². The van der Waals surface area contributed by atoms with E-state index in [4.69, 9.17) is 5.73 Å². The van der Waals surface area contributed by atoms with E-state index in [2.05, 4.69) is 18.7 Å². The summed E-state index contributed by atoms with van der Waals surface area (Å²) >= 11 is 0. The number of nitrogens with one attached hydrogen (secondary N) is 1. The number of hydrogen-bond donors (Lipinski definition) is 0. The van der Waals surface area contributed by atoms with E-state index < -0.39 is 0 Å². The van der Waals surface area contributed by atoms with Crippen LogP contribution in [0.1, 0.15) is 26.7 Å². The molecule has 1 fully saturated rings. The fourth-order valence-corrected chi connectivity index (χ4v) is 1.67. The van der Waals surface area contributed by atoms with E-state index in [1.807, 2.05) is 0 Å². The van der Waals surface area contributed by atoms with Crippen molar-refractivity contribution < 1.29 is 0 Å². The Labute approximate surface area is 69.8 Å². The molecule has 1 aliphatic heterocycles. The Bertz CT molecular complexity index is 104. The van der Waals surface area contributed by atoms with Crippen LogP contribution in [0.3, 0.4) is 0 Å². The van der Waals surface area contributed by atoms with Gasteiger partial charge in [-0.2, -0.15) is 0 Å². The highest BCUT2D eigenvalue weighted by Gasteiger charge is 2.19. The SMILES string of the molecule is CC(C)N1CCC(C[NH])CC1. The summed E-state index contributed by atoms with van der Waals surface area (Å²) in [6, 6.07) is 0.696. The van der Waals surface area contributed by atoms with E-state index in [1.165, 1.54) is 25.9 Å². The fourth-order valence-electron chi connectivity index (χ4n) is 1.67. The van der Waals surface area contributed by atoms with Gasteiger partial charge in [0.15, 0.2) is 0 Å². The highest BCUT2D eigenvalue weighted by molar-refractivity contribution is 4.74. The Morgan fingerprint density at radius 1 is 1.36 bits per heavy atom. The average molecular weight is 155 g/mol. The standard InChI is InChI=1S/C9H19N2/c1-8(2)11-5-3-9(7-10)4-6-11/h8-10H,3-7H2,1-2H3. The van der Waals surface area contributed by atoms with E-state index in [0.717, 1.165) is 0 Å². The maximum atomic E-state index is 7.25. The van der Waals surface area contributed by atoms with E-state index >= 15 is 0 Å². The average Bonchev–Trinajstić information content (AvgIpc) is 2.05. The summed E-state index contributed by atoms with van der Waals surface area (Å²) in [7, 11) is 0. The van der Waals surface area contributed by atoms with Crippen molar-refractivity contribution in [2.75, 3.05) is 19.6 Å². The molecular weight excluding hydrogens is 136 g/mol. The molecule has 0 bridgehead atoms. The third-order valence-electron chi connectivity index (χ3n) is 2.67. The van der Waals surface area contributed by atoms with Crippen LogP contribution in [0.25, 0.3) is 0 Å². The Hall–Kier alpha value is -0.0800. The third kappa shape index (κ3) is 2.46. The topological polar surface area (TPSA) is 27.0 Å². The van der Waals surface area contributed by atoms with E-state index in [-0.39, 0.29) is 0 Å². The number of hydrogen-bond acceptors (Lipinski definition) is 1. The normalized spacial score (nSPS) is 22.9. The third-order valence-corrected chi connectivity index (χ3v) is 2.67. The van der Waals surface area contributed by atoms with Gasteiger partial charge < -0.3 is 4.90 Å². The molecule has 1 aliphatic rings. The van der Waals surface area contributed by atoms with Crippen molar-refractivity contribution in [2.45, 2.75) is 32.7 Å². The summed E-state index contributed by atoms with van der Waals surface area (Å²) < 4.78 is 0. The molecule has 0 spiro atoms. The van der Waals surface area contributed by atoms with Gasteiger partial charge in [0.1, 0.15) is 0 Å². The zero-order valence-corrected chi connectivity index (χ0v) is 7.64. The minimum absolute atomic E-state index is 0.631. The number of rotatable bonds is 2. The molecular formula is C9H19N2. The molecule has 1 heterocycles. The highest BCUT2D eigenvalue weighted by atomic mass is 15.1. The fraction of sp³-hybridized carbons (Fsp3) is 1.00. The molecule has 0 amide bonds. The van der Waals surface area contributed by atoms with Gasteiger partial charge in [-0.25, -0.2) is 0 Å². The van der Waals surface area contributed by atoms with Gasteiger partial charge in [-0.15, -0.1) is 0 Å². The Morgan fingerprint density at radius 2 is 1.91 bits per heavy atom. The summed E-state index contributed by atoms with van der Waals surface area (Å²) in [5.74, 6) is 0.685. The largest absolute Gasteiger partial charge is 0.301 e. The van der Waals surface area contributed by atoms with Crippen LogP contribution in [0.15, 0.2) is 0 Å². The number of nitrogens with zero attached hydrogens (tertiary/aromatic N) is 1. The predicted molar refractivity (Wildman–Crippen MR) is 47.4 cm³/mol. The summed E-state index contributed by atoms with van der Waals surface area (Å²) in [4.78, 5) is 2.51. The zero-order valence-electron chi connectivity index (χ0n) is 7.64. The highest BCUT2D eigenvalue weighted by Crippen LogP contribution is 2.17. The molecule has 1 rings (SSSR count). The van der Waals surface area contributed by atoms with Crippen molar-refractivity contribution in [3.8, 4) is 0 Å². The molecule has 0 aromatic rings. The summed E-state index contributed by atoms with van der Waals surface area (Å²) in [6.45, 7) is 7.55. The first-order chi connectivity index (χ1) is 5.24. The van der Waals surface area contributed by atoms with Gasteiger partial charge in [-0.05, 0) is 45.7 Å². The van der Waals surface area contributed by atoms with E-state index in [0.29, 0.717) is 18.5 Å². The molecule has 0 aliphatic carbocycles. The predicted octanol–water partition coefficient (Wildman–Crippen LogP) is 1.39. The summed E-state index contributed by atoms with van der Waals surface area (Å²) in [5, 5.41) is 0. The Kier molecular flexibility index (Phi) is 3.34. The van der Waals surface area contributed by atoms with Gasteiger partial charge in [-0.3, -0.25) is 5.73 Å². The van der Waals surface area contributed by atoms with E-state index in [9.17, 15) is 0 Å². The van der Waals surface area contributed by atoms with Gasteiger partial charge in [0, 0.05) is 12.6 Å². The van der Waals surface area contributed by atoms with E-state index in [1.54, 1.807) is 0 Å². The Morgan fingerprint density at radius 3 is 2.27 bits per heavy atom. The van der Waals surface area contributed by atoms with Gasteiger partial charge in [0.25, 0.3) is 0 Å². The Balaban J connectivity index is 2.24. The lowest BCUT2D eigenvalue weighted by molar-refractivity contribution is 0.151. The molecule has 65 valence electrons. The second-order valence-electron chi connectivity index (χ2n) is 3.78. The summed E-state index contributed by atoms with van der Waals surface area (Å²) in [5.41, 5.74) is 7.25. The number of likely N-dealkylation sites (tertiary alicyclic amines) is 1. The molecule has 11 heavy (non-hydrogen) atoms. The minimum atomic E-state index is 0.631. The lowest BCUT2D eigenvalue weighted by atomic mass is 9.96. The van der Waals surface area contributed by atoms with Gasteiger partial charge in [-0.1, -0.05) is 0 Å². The van der Waals surface area contributed by atoms with Crippen molar-refractivity contribution in [1.29, 1.82) is 0 Å². The lowest BCUT2D eigenvalue weighted by Gasteiger charge is -2.33. The molecule has 0 saturated carbocycles. The molecule has 0 aromatic carbocycles. The van der Waals surface area contributed by atoms with Crippen molar-refractivity contribution >= 4 is 0 Å². The van der Waals surface area contributed by atoms with Crippen LogP contribution in [0.5, 0.6) is 0 Å². The van der Waals surface area contributed by atoms with Gasteiger partial charge >= 0.3 is 0 Å². The molecule has 2 nitrogen and oxygen atoms in total. The van der Waals surface area contributed by atoms with Gasteiger partial charge in [0.05, 0.1) is 0 Å². The zero-order chi connectivity index (χ0) is 8.27. The van der Waals surface area contributed by atoms with Crippen LogP contribution in [0.4, 0.5) is 0 Å². The molecule has 0 unspecified atom stereocenters. The monoisotopic (exact) mass is 155 g/mol. The van der Waals surface area contributed by atoms with Crippen LogP contribution in [0.2, 0.25) is 0 Å².